The zero-order chi connectivity index (χ0) is 18.4. The molecule has 2 aromatic carbocycles. The molecule has 0 unspecified atom stereocenters. The molecule has 2 aromatic rings. The second kappa shape index (κ2) is 8.54. The normalized spacial score (nSPS) is 14.5. The van der Waals surface area contributed by atoms with Crippen LogP contribution in [-0.4, -0.2) is 18.9 Å². The second-order valence-corrected chi connectivity index (χ2v) is 6.84. The van der Waals surface area contributed by atoms with Gasteiger partial charge in [0.1, 0.15) is 0 Å². The highest BCUT2D eigenvalue weighted by molar-refractivity contribution is 6.03. The Morgan fingerprint density at radius 1 is 1.00 bits per heavy atom. The fourth-order valence-electron chi connectivity index (χ4n) is 3.19. The minimum absolute atomic E-state index is 0.00180. The van der Waals surface area contributed by atoms with Gasteiger partial charge < -0.3 is 4.90 Å². The first-order chi connectivity index (χ1) is 12.6. The van der Waals surface area contributed by atoms with Crippen molar-refractivity contribution in [2.75, 3.05) is 18.0 Å². The van der Waals surface area contributed by atoms with Crippen molar-refractivity contribution in [1.82, 2.24) is 0 Å². The van der Waals surface area contributed by atoms with Crippen LogP contribution in [0.5, 0.6) is 0 Å². The van der Waals surface area contributed by atoms with Crippen molar-refractivity contribution in [3.63, 3.8) is 0 Å². The van der Waals surface area contributed by atoms with E-state index in [9.17, 15) is 4.79 Å². The summed E-state index contributed by atoms with van der Waals surface area (Å²) in [5, 5.41) is 0. The molecule has 2 heteroatoms. The molecular formula is C24H25NO. The highest BCUT2D eigenvalue weighted by atomic mass is 16.1. The molecule has 0 atom stereocenters. The number of allylic oxidation sites excluding steroid dienone is 1. The van der Waals surface area contributed by atoms with Gasteiger partial charge in [-0.25, -0.2) is 0 Å². The van der Waals surface area contributed by atoms with E-state index in [1.54, 1.807) is 6.92 Å². The van der Waals surface area contributed by atoms with E-state index in [4.69, 9.17) is 0 Å². The van der Waals surface area contributed by atoms with Gasteiger partial charge in [0, 0.05) is 24.3 Å². The summed E-state index contributed by atoms with van der Waals surface area (Å²) in [5.41, 5.74) is 4.94. The van der Waals surface area contributed by atoms with Gasteiger partial charge in [-0.1, -0.05) is 47.7 Å². The second-order valence-electron chi connectivity index (χ2n) is 6.84. The quantitative estimate of drug-likeness (QED) is 0.577. The molecule has 132 valence electrons. The molecule has 1 aliphatic heterocycles. The lowest BCUT2D eigenvalue weighted by molar-refractivity contribution is -0.113. The van der Waals surface area contributed by atoms with Crippen molar-refractivity contribution < 1.29 is 4.79 Å². The Morgan fingerprint density at radius 2 is 1.69 bits per heavy atom. The number of hydrogen-bond acceptors (Lipinski definition) is 2. The molecule has 0 radical (unpaired) electrons. The molecule has 0 N–H and O–H groups in total. The lowest BCUT2D eigenvalue weighted by Gasteiger charge is -2.30. The van der Waals surface area contributed by atoms with E-state index >= 15 is 0 Å². The number of para-hydroxylation sites is 1. The number of carbonyl (C=O) groups is 1. The van der Waals surface area contributed by atoms with Gasteiger partial charge in [-0.15, -0.1) is 0 Å². The smallest absolute Gasteiger partial charge is 0.168 e. The molecule has 0 spiro atoms. The van der Waals surface area contributed by atoms with E-state index in [0.717, 1.165) is 24.2 Å². The minimum Gasteiger partial charge on any atom is -0.371 e. The van der Waals surface area contributed by atoms with Crippen molar-refractivity contribution in [3.8, 4) is 11.8 Å². The molecule has 26 heavy (non-hydrogen) atoms. The topological polar surface area (TPSA) is 20.3 Å². The Labute approximate surface area is 156 Å². The average Bonchev–Trinajstić information content (AvgIpc) is 2.67. The van der Waals surface area contributed by atoms with Crippen LogP contribution in [0, 0.1) is 18.8 Å². The molecule has 1 fully saturated rings. The van der Waals surface area contributed by atoms with Crippen LogP contribution in [0.15, 0.2) is 54.1 Å². The van der Waals surface area contributed by atoms with E-state index in [2.05, 4.69) is 41.9 Å². The van der Waals surface area contributed by atoms with E-state index in [0.29, 0.717) is 5.57 Å². The summed E-state index contributed by atoms with van der Waals surface area (Å²) in [6.07, 6.45) is 5.69. The summed E-state index contributed by atoms with van der Waals surface area (Å²) in [6, 6.07) is 16.3. The highest BCUT2D eigenvalue weighted by Gasteiger charge is 2.13. The zero-order valence-electron chi connectivity index (χ0n) is 15.6. The van der Waals surface area contributed by atoms with Crippen LogP contribution in [0.25, 0.3) is 6.08 Å². The van der Waals surface area contributed by atoms with Crippen LogP contribution in [0.4, 0.5) is 5.69 Å². The predicted molar refractivity (Wildman–Crippen MR) is 109 cm³/mol. The van der Waals surface area contributed by atoms with Crippen LogP contribution in [0.3, 0.4) is 0 Å². The van der Waals surface area contributed by atoms with Crippen molar-refractivity contribution in [1.29, 1.82) is 0 Å². The molecule has 0 aliphatic carbocycles. The van der Waals surface area contributed by atoms with E-state index in [1.165, 1.54) is 30.5 Å². The van der Waals surface area contributed by atoms with Gasteiger partial charge in [-0.05, 0) is 62.9 Å². The first-order valence-electron chi connectivity index (χ1n) is 9.29. The SMILES string of the molecule is CC(=O)/C(C#Cc1ccc(C)cc1)=C/c1ccccc1N1CCCCC1. The Kier molecular flexibility index (Phi) is 5.92. The van der Waals surface area contributed by atoms with E-state index in [-0.39, 0.29) is 5.78 Å². The molecule has 1 aliphatic rings. The Bertz CT molecular complexity index is 859. The summed E-state index contributed by atoms with van der Waals surface area (Å²) < 4.78 is 0. The fourth-order valence-corrected chi connectivity index (χ4v) is 3.19. The third-order valence-electron chi connectivity index (χ3n) is 4.71. The van der Waals surface area contributed by atoms with Gasteiger partial charge in [0.25, 0.3) is 0 Å². The zero-order valence-corrected chi connectivity index (χ0v) is 15.6. The number of anilines is 1. The van der Waals surface area contributed by atoms with Crippen LogP contribution >= 0.6 is 0 Å². The molecule has 1 heterocycles. The van der Waals surface area contributed by atoms with Crippen molar-refractivity contribution in [3.05, 3.63) is 70.8 Å². The van der Waals surface area contributed by atoms with Gasteiger partial charge in [0.05, 0.1) is 5.57 Å². The molecule has 2 nitrogen and oxygen atoms in total. The van der Waals surface area contributed by atoms with Crippen LogP contribution in [0.2, 0.25) is 0 Å². The van der Waals surface area contributed by atoms with E-state index in [1.807, 2.05) is 36.4 Å². The molecule has 0 bridgehead atoms. The van der Waals surface area contributed by atoms with Gasteiger partial charge >= 0.3 is 0 Å². The summed E-state index contributed by atoms with van der Waals surface area (Å²) >= 11 is 0. The summed E-state index contributed by atoms with van der Waals surface area (Å²) in [7, 11) is 0. The number of rotatable bonds is 3. The predicted octanol–water partition coefficient (Wildman–Crippen LogP) is 5.01. The molecule has 1 saturated heterocycles. The van der Waals surface area contributed by atoms with Crippen molar-refractivity contribution in [2.24, 2.45) is 0 Å². The monoisotopic (exact) mass is 343 g/mol. The minimum atomic E-state index is -0.00180. The van der Waals surface area contributed by atoms with Crippen molar-refractivity contribution in [2.45, 2.75) is 33.1 Å². The standard InChI is InChI=1S/C24H25NO/c1-19-10-12-21(13-11-19)14-15-22(20(2)26)18-23-8-4-5-9-24(23)25-16-6-3-7-17-25/h4-5,8-13,18H,3,6-7,16-17H2,1-2H3/b22-18+. The van der Waals surface area contributed by atoms with Gasteiger partial charge in [0.2, 0.25) is 0 Å². The fraction of sp³-hybridized carbons (Fsp3) is 0.292. The first kappa shape index (κ1) is 18.0. The van der Waals surface area contributed by atoms with Gasteiger partial charge in [-0.2, -0.15) is 0 Å². The number of carbonyl (C=O) groups excluding carboxylic acids is 1. The maximum Gasteiger partial charge on any atom is 0.168 e. The number of Topliss-reactive ketones (excluding diaryl/α,β-unsaturated/α-hetero) is 1. The molecule has 0 amide bonds. The summed E-state index contributed by atoms with van der Waals surface area (Å²) in [5.74, 6) is 6.19. The van der Waals surface area contributed by atoms with Gasteiger partial charge in [0.15, 0.2) is 5.78 Å². The number of aryl methyl sites for hydroxylation is 1. The lowest BCUT2D eigenvalue weighted by Crippen LogP contribution is -2.29. The van der Waals surface area contributed by atoms with Crippen molar-refractivity contribution >= 4 is 17.5 Å². The van der Waals surface area contributed by atoms with Crippen LogP contribution < -0.4 is 4.90 Å². The third kappa shape index (κ3) is 4.64. The lowest BCUT2D eigenvalue weighted by atomic mass is 10.0. The number of hydrogen-bond donors (Lipinski definition) is 0. The Balaban J connectivity index is 1.93. The third-order valence-corrected chi connectivity index (χ3v) is 4.71. The maximum absolute atomic E-state index is 12.1. The molecule has 0 aromatic heterocycles. The molecule has 0 saturated carbocycles. The molecular weight excluding hydrogens is 318 g/mol. The van der Waals surface area contributed by atoms with Crippen LogP contribution in [-0.2, 0) is 4.79 Å². The first-order valence-corrected chi connectivity index (χ1v) is 9.29. The maximum atomic E-state index is 12.1. The number of nitrogens with zero attached hydrogens (tertiary/aromatic N) is 1. The Morgan fingerprint density at radius 3 is 2.38 bits per heavy atom. The van der Waals surface area contributed by atoms with Gasteiger partial charge in [-0.3, -0.25) is 4.79 Å². The highest BCUT2D eigenvalue weighted by Crippen LogP contribution is 2.26. The van der Waals surface area contributed by atoms with E-state index < -0.39 is 0 Å². The Hall–Kier alpha value is -2.79. The number of benzene rings is 2. The molecule has 3 rings (SSSR count). The summed E-state index contributed by atoms with van der Waals surface area (Å²) in [6.45, 7) is 5.79. The summed E-state index contributed by atoms with van der Waals surface area (Å²) in [4.78, 5) is 14.5. The number of piperidine rings is 1. The average molecular weight is 343 g/mol. The number of ketones is 1. The van der Waals surface area contributed by atoms with Crippen LogP contribution in [0.1, 0.15) is 42.9 Å². The largest absolute Gasteiger partial charge is 0.371 e.